The molecule has 0 aliphatic rings. The summed E-state index contributed by atoms with van der Waals surface area (Å²) >= 11 is 0. The number of aromatic nitrogens is 2. The number of hydrogen-bond donors (Lipinski definition) is 0. The van der Waals surface area contributed by atoms with Gasteiger partial charge in [0.2, 0.25) is 0 Å². The van der Waals surface area contributed by atoms with E-state index in [1.54, 1.807) is 17.8 Å². The molecule has 0 unspecified atom stereocenters. The van der Waals surface area contributed by atoms with Crippen LogP contribution in [0.5, 0.6) is 0 Å². The number of nitro groups is 1. The van der Waals surface area contributed by atoms with E-state index in [4.69, 9.17) is 0 Å². The molecule has 0 bridgehead atoms. The molecule has 0 radical (unpaired) electrons. The lowest BCUT2D eigenvalue weighted by Gasteiger charge is -1.98. The van der Waals surface area contributed by atoms with Gasteiger partial charge in [-0.1, -0.05) is 29.8 Å². The van der Waals surface area contributed by atoms with E-state index in [0.29, 0.717) is 12.1 Å². The third-order valence-corrected chi connectivity index (χ3v) is 2.56. The van der Waals surface area contributed by atoms with Crippen LogP contribution in [0.3, 0.4) is 0 Å². The van der Waals surface area contributed by atoms with Crippen LogP contribution in [0.15, 0.2) is 30.5 Å². The predicted molar refractivity (Wildman–Crippen MR) is 63.9 cm³/mol. The Balaban J connectivity index is 2.22. The summed E-state index contributed by atoms with van der Waals surface area (Å²) in [5.41, 5.74) is 2.85. The molecule has 0 saturated heterocycles. The van der Waals surface area contributed by atoms with Crippen molar-refractivity contribution in [1.82, 2.24) is 9.78 Å². The quantitative estimate of drug-likeness (QED) is 0.602. The first-order chi connectivity index (χ1) is 8.06. The fourth-order valence-corrected chi connectivity index (χ4v) is 1.65. The summed E-state index contributed by atoms with van der Waals surface area (Å²) in [6.07, 6.45) is 1.69. The van der Waals surface area contributed by atoms with Gasteiger partial charge in [0, 0.05) is 0 Å². The minimum Gasteiger partial charge on any atom is -0.358 e. The molecule has 5 heteroatoms. The zero-order chi connectivity index (χ0) is 12.4. The lowest BCUT2D eigenvalue weighted by molar-refractivity contribution is -0.390. The summed E-state index contributed by atoms with van der Waals surface area (Å²) in [6, 6.07) is 8.02. The van der Waals surface area contributed by atoms with Gasteiger partial charge in [-0.3, -0.25) is 0 Å². The molecular formula is C12H13N3O2. The number of aryl methyl sites for hydroxylation is 2. The number of nitrogens with zero attached hydrogens (tertiary/aromatic N) is 3. The monoisotopic (exact) mass is 231 g/mol. The highest BCUT2D eigenvalue weighted by molar-refractivity contribution is 5.29. The lowest BCUT2D eigenvalue weighted by Crippen LogP contribution is -2.01. The Bertz CT molecular complexity index is 543. The first-order valence-electron chi connectivity index (χ1n) is 5.30. The smallest absolute Gasteiger partial charge is 0.358 e. The SMILES string of the molecule is Cc1ccc(Cn2cc(C)c([N+](=O)[O-])n2)cc1. The molecule has 17 heavy (non-hydrogen) atoms. The van der Waals surface area contributed by atoms with Crippen LogP contribution in [0.4, 0.5) is 5.82 Å². The molecule has 1 aromatic heterocycles. The van der Waals surface area contributed by atoms with Crippen LogP contribution in [-0.4, -0.2) is 14.7 Å². The summed E-state index contributed by atoms with van der Waals surface area (Å²) in [7, 11) is 0. The van der Waals surface area contributed by atoms with Gasteiger partial charge in [0.1, 0.15) is 0 Å². The van der Waals surface area contributed by atoms with Gasteiger partial charge >= 0.3 is 5.82 Å². The van der Waals surface area contributed by atoms with E-state index < -0.39 is 4.92 Å². The second-order valence-corrected chi connectivity index (χ2v) is 4.08. The highest BCUT2D eigenvalue weighted by Gasteiger charge is 2.16. The Morgan fingerprint density at radius 1 is 1.29 bits per heavy atom. The van der Waals surface area contributed by atoms with Gasteiger partial charge in [-0.25, -0.2) is 0 Å². The summed E-state index contributed by atoms with van der Waals surface area (Å²) in [5, 5.41) is 14.6. The molecule has 0 aliphatic heterocycles. The van der Waals surface area contributed by atoms with E-state index in [0.717, 1.165) is 5.56 Å². The van der Waals surface area contributed by atoms with Crippen LogP contribution in [0, 0.1) is 24.0 Å². The van der Waals surface area contributed by atoms with E-state index in [1.165, 1.54) is 5.56 Å². The average molecular weight is 231 g/mol. The Hall–Kier alpha value is -2.17. The van der Waals surface area contributed by atoms with Gasteiger partial charge in [0.05, 0.1) is 23.4 Å². The Labute approximate surface area is 98.8 Å². The van der Waals surface area contributed by atoms with E-state index in [9.17, 15) is 10.1 Å². The van der Waals surface area contributed by atoms with Crippen molar-refractivity contribution in [1.29, 1.82) is 0 Å². The Morgan fingerprint density at radius 2 is 1.94 bits per heavy atom. The van der Waals surface area contributed by atoms with Gasteiger partial charge in [-0.2, -0.15) is 4.68 Å². The van der Waals surface area contributed by atoms with Crippen molar-refractivity contribution in [3.63, 3.8) is 0 Å². The third-order valence-electron chi connectivity index (χ3n) is 2.56. The summed E-state index contributed by atoms with van der Waals surface area (Å²) in [6.45, 7) is 4.26. The highest BCUT2D eigenvalue weighted by Crippen LogP contribution is 2.15. The lowest BCUT2D eigenvalue weighted by atomic mass is 10.1. The van der Waals surface area contributed by atoms with Crippen molar-refractivity contribution in [2.45, 2.75) is 20.4 Å². The molecule has 1 aromatic carbocycles. The number of benzene rings is 1. The van der Waals surface area contributed by atoms with Gasteiger partial charge in [0.15, 0.2) is 0 Å². The van der Waals surface area contributed by atoms with Gasteiger partial charge in [-0.15, -0.1) is 0 Å². The first-order valence-corrected chi connectivity index (χ1v) is 5.30. The summed E-state index contributed by atoms with van der Waals surface area (Å²) in [4.78, 5) is 10.2. The summed E-state index contributed by atoms with van der Waals surface area (Å²) in [5.74, 6) is -0.0721. The first kappa shape index (κ1) is 11.3. The highest BCUT2D eigenvalue weighted by atomic mass is 16.6. The Morgan fingerprint density at radius 3 is 2.47 bits per heavy atom. The molecule has 0 aliphatic carbocycles. The van der Waals surface area contributed by atoms with E-state index >= 15 is 0 Å². The largest absolute Gasteiger partial charge is 0.392 e. The van der Waals surface area contributed by atoms with Crippen molar-refractivity contribution in [3.05, 3.63) is 57.3 Å². The number of rotatable bonds is 3. The maximum Gasteiger partial charge on any atom is 0.392 e. The van der Waals surface area contributed by atoms with Crippen LogP contribution >= 0.6 is 0 Å². The molecule has 5 nitrogen and oxygen atoms in total. The van der Waals surface area contributed by atoms with Crippen molar-refractivity contribution in [3.8, 4) is 0 Å². The minimum absolute atomic E-state index is 0.0721. The average Bonchev–Trinajstić information content (AvgIpc) is 2.63. The van der Waals surface area contributed by atoms with Gasteiger partial charge in [0.25, 0.3) is 0 Å². The molecule has 0 spiro atoms. The van der Waals surface area contributed by atoms with Crippen molar-refractivity contribution >= 4 is 5.82 Å². The molecule has 0 N–H and O–H groups in total. The van der Waals surface area contributed by atoms with Crippen molar-refractivity contribution in [2.75, 3.05) is 0 Å². The van der Waals surface area contributed by atoms with Crippen LogP contribution in [0.1, 0.15) is 16.7 Å². The third kappa shape index (κ3) is 2.50. The molecule has 2 rings (SSSR count). The standard InChI is InChI=1S/C12H13N3O2/c1-9-3-5-11(6-4-9)8-14-7-10(2)12(13-14)15(16)17/h3-7H,8H2,1-2H3. The van der Waals surface area contributed by atoms with Crippen LogP contribution in [0.2, 0.25) is 0 Å². The topological polar surface area (TPSA) is 61.0 Å². The predicted octanol–water partition coefficient (Wildman–Crippen LogP) is 2.46. The van der Waals surface area contributed by atoms with Crippen LogP contribution in [0.25, 0.3) is 0 Å². The van der Waals surface area contributed by atoms with E-state index in [1.807, 2.05) is 31.2 Å². The molecule has 1 heterocycles. The molecule has 88 valence electrons. The molecular weight excluding hydrogens is 218 g/mol. The molecule has 0 fully saturated rings. The Kier molecular flexibility index (Phi) is 2.91. The van der Waals surface area contributed by atoms with Crippen molar-refractivity contribution in [2.24, 2.45) is 0 Å². The second kappa shape index (κ2) is 4.37. The van der Waals surface area contributed by atoms with Crippen molar-refractivity contribution < 1.29 is 4.92 Å². The maximum atomic E-state index is 10.7. The zero-order valence-electron chi connectivity index (χ0n) is 9.75. The molecule has 0 amide bonds. The fraction of sp³-hybridized carbons (Fsp3) is 0.250. The fourth-order valence-electron chi connectivity index (χ4n) is 1.65. The van der Waals surface area contributed by atoms with Gasteiger partial charge < -0.3 is 10.1 Å². The second-order valence-electron chi connectivity index (χ2n) is 4.08. The normalized spacial score (nSPS) is 10.5. The molecule has 0 atom stereocenters. The van der Waals surface area contributed by atoms with E-state index in [-0.39, 0.29) is 5.82 Å². The zero-order valence-corrected chi connectivity index (χ0v) is 9.75. The molecule has 0 saturated carbocycles. The van der Waals surface area contributed by atoms with E-state index in [2.05, 4.69) is 5.10 Å². The number of hydrogen-bond acceptors (Lipinski definition) is 3. The minimum atomic E-state index is -0.457. The van der Waals surface area contributed by atoms with Gasteiger partial charge in [-0.05, 0) is 24.3 Å². The summed E-state index contributed by atoms with van der Waals surface area (Å²) < 4.78 is 1.60. The van der Waals surface area contributed by atoms with Crippen LogP contribution in [-0.2, 0) is 6.54 Å². The molecule has 2 aromatic rings. The maximum absolute atomic E-state index is 10.7. The van der Waals surface area contributed by atoms with Crippen LogP contribution < -0.4 is 0 Å².